The zero-order valence-electron chi connectivity index (χ0n) is 49.9. The van der Waals surface area contributed by atoms with Gasteiger partial charge in [0, 0.05) is 22.5 Å². The SMILES string of the molecule is CC1(C)O[C@@H]2O[C@H]([C@H](O)CO)[C@H](OCc3cc(CO[C@@H]4[C@@H]5OC(C)(C)O[C@@H]5O[C@@H]4[C@H](O)CO)cc(NC(=O)c4ccc(C(=O)Nc5cc(CO[C@@H]6[C@H]7OC(C)(C)O[C@H]7O[C@@H]6[C@H](O)CO)cc(CO[C@@H]6[C@H]7OC(C)(C)O[C@H]7O[C@@H]6[C@H](O)CO)c5)cc4)c3)[C@@H]2O1. The molecule has 0 aliphatic carbocycles. The second kappa shape index (κ2) is 26.0. The molecule has 20 atom stereocenters. The van der Waals surface area contributed by atoms with Gasteiger partial charge in [-0.1, -0.05) is 12.1 Å². The monoisotopic (exact) mass is 1240 g/mol. The summed E-state index contributed by atoms with van der Waals surface area (Å²) in [6, 6.07) is 16.1. The number of fused-ring (bicyclic) bond motifs is 4. The second-order valence-corrected chi connectivity index (χ2v) is 24.9. The minimum atomic E-state index is -1.33. The van der Waals surface area contributed by atoms with E-state index in [0.29, 0.717) is 33.6 Å². The second-order valence-electron chi connectivity index (χ2n) is 24.9. The van der Waals surface area contributed by atoms with Crippen LogP contribution in [0.25, 0.3) is 0 Å². The van der Waals surface area contributed by atoms with Crippen molar-refractivity contribution in [3.63, 3.8) is 0 Å². The van der Waals surface area contributed by atoms with Crippen molar-refractivity contribution in [2.24, 2.45) is 0 Å². The summed E-state index contributed by atoms with van der Waals surface area (Å²) in [5.41, 5.74) is 3.07. The van der Waals surface area contributed by atoms with Crippen molar-refractivity contribution in [2.45, 2.75) is 228 Å². The lowest BCUT2D eigenvalue weighted by Gasteiger charge is -2.28. The minimum absolute atomic E-state index is 0.113. The van der Waals surface area contributed by atoms with E-state index in [0.717, 1.165) is 0 Å². The molecule has 0 spiro atoms. The molecule has 0 bridgehead atoms. The van der Waals surface area contributed by atoms with Crippen LogP contribution >= 0.6 is 0 Å². The highest BCUT2D eigenvalue weighted by Gasteiger charge is 2.61. The predicted molar refractivity (Wildman–Crippen MR) is 297 cm³/mol. The van der Waals surface area contributed by atoms with Gasteiger partial charge in [-0.05, 0) is 126 Å². The molecule has 3 aromatic carbocycles. The highest BCUT2D eigenvalue weighted by molar-refractivity contribution is 6.07. The first kappa shape index (κ1) is 65.1. The molecule has 88 heavy (non-hydrogen) atoms. The van der Waals surface area contributed by atoms with Crippen molar-refractivity contribution < 1.29 is 126 Å². The molecule has 3 aromatic rings. The number of aliphatic hydroxyl groups excluding tert-OH is 8. The van der Waals surface area contributed by atoms with Gasteiger partial charge in [0.1, 0.15) is 97.7 Å². The van der Waals surface area contributed by atoms with Crippen LogP contribution in [0, 0.1) is 0 Å². The van der Waals surface area contributed by atoms with E-state index in [1.165, 1.54) is 24.3 Å². The van der Waals surface area contributed by atoms with E-state index in [2.05, 4.69) is 10.6 Å². The number of amides is 2. The molecule has 28 nitrogen and oxygen atoms in total. The van der Waals surface area contributed by atoms with E-state index >= 15 is 0 Å². The molecule has 28 heteroatoms. The molecule has 486 valence electrons. The molecular weight excluding hydrogens is 1160 g/mol. The molecule has 8 heterocycles. The summed E-state index contributed by atoms with van der Waals surface area (Å²) in [7, 11) is 0. The quantitative estimate of drug-likeness (QED) is 0.0589. The maximum atomic E-state index is 14.1. The van der Waals surface area contributed by atoms with Crippen LogP contribution in [-0.2, 0) is 102 Å². The van der Waals surface area contributed by atoms with E-state index in [-0.39, 0.29) is 37.6 Å². The predicted octanol–water partition coefficient (Wildman–Crippen LogP) is 0.650. The lowest BCUT2D eigenvalue weighted by molar-refractivity contribution is -0.232. The van der Waals surface area contributed by atoms with Gasteiger partial charge in [0.25, 0.3) is 11.8 Å². The highest BCUT2D eigenvalue weighted by Crippen LogP contribution is 2.44. The molecular formula is C60H80N2O26. The van der Waals surface area contributed by atoms with Gasteiger partial charge < -0.3 is 127 Å². The van der Waals surface area contributed by atoms with Crippen molar-refractivity contribution >= 4 is 23.2 Å². The number of benzene rings is 3. The van der Waals surface area contributed by atoms with Crippen LogP contribution in [0.2, 0.25) is 0 Å². The Kier molecular flexibility index (Phi) is 19.2. The Morgan fingerprint density at radius 2 is 0.625 bits per heavy atom. The summed E-state index contributed by atoms with van der Waals surface area (Å²) >= 11 is 0. The first-order valence-electron chi connectivity index (χ1n) is 29.4. The largest absolute Gasteiger partial charge is 0.394 e. The maximum absolute atomic E-state index is 14.1. The van der Waals surface area contributed by atoms with Gasteiger partial charge in [-0.25, -0.2) is 0 Å². The van der Waals surface area contributed by atoms with Gasteiger partial charge in [0.05, 0.1) is 52.9 Å². The zero-order chi connectivity index (χ0) is 62.8. The van der Waals surface area contributed by atoms with Crippen molar-refractivity contribution in [3.05, 3.63) is 94.0 Å². The smallest absolute Gasteiger partial charge is 0.255 e. The van der Waals surface area contributed by atoms with Crippen LogP contribution in [-0.4, -0.2) is 225 Å². The summed E-state index contributed by atoms with van der Waals surface area (Å²) in [6.07, 6.45) is -19.6. The Bertz CT molecular complexity index is 2590. The number of hydrogen-bond acceptors (Lipinski definition) is 26. The molecule has 0 saturated carbocycles. The summed E-state index contributed by atoms with van der Waals surface area (Å²) in [4.78, 5) is 28.3. The number of aliphatic hydroxyl groups is 8. The number of anilines is 2. The van der Waals surface area contributed by atoms with Crippen molar-refractivity contribution in [3.8, 4) is 0 Å². The summed E-state index contributed by atoms with van der Waals surface area (Å²) < 4.78 is 97.4. The van der Waals surface area contributed by atoms with Crippen molar-refractivity contribution in [2.75, 3.05) is 37.1 Å². The van der Waals surface area contributed by atoms with Crippen LogP contribution in [0.15, 0.2) is 60.7 Å². The number of ether oxygens (including phenoxy) is 16. The van der Waals surface area contributed by atoms with E-state index in [4.69, 9.17) is 75.8 Å². The molecule has 8 saturated heterocycles. The normalized spacial score (nSPS) is 35.1. The third-order valence-electron chi connectivity index (χ3n) is 16.2. The fraction of sp³-hybridized carbons (Fsp3) is 0.667. The fourth-order valence-corrected chi connectivity index (χ4v) is 12.4. The molecule has 0 aromatic heterocycles. The molecule has 8 fully saturated rings. The van der Waals surface area contributed by atoms with E-state index in [1.807, 2.05) is 0 Å². The van der Waals surface area contributed by atoms with E-state index in [9.17, 15) is 50.4 Å². The number of hydrogen-bond donors (Lipinski definition) is 10. The number of nitrogens with one attached hydrogen (secondary N) is 2. The molecule has 0 unspecified atom stereocenters. The Hall–Kier alpha value is -4.36. The van der Waals surface area contributed by atoms with Gasteiger partial charge in [-0.2, -0.15) is 0 Å². The average Bonchev–Trinajstić information content (AvgIpc) is 2.47. The Labute approximate surface area is 506 Å². The average molecular weight is 1250 g/mol. The van der Waals surface area contributed by atoms with Crippen molar-refractivity contribution in [1.82, 2.24) is 0 Å². The van der Waals surface area contributed by atoms with E-state index in [1.54, 1.807) is 91.8 Å². The van der Waals surface area contributed by atoms with Gasteiger partial charge in [-0.15, -0.1) is 0 Å². The molecule has 10 N–H and O–H groups in total. The topological polar surface area (TPSA) is 368 Å². The summed E-state index contributed by atoms with van der Waals surface area (Å²) in [5, 5.41) is 88.4. The third-order valence-corrected chi connectivity index (χ3v) is 16.2. The Balaban J connectivity index is 0.812. The maximum Gasteiger partial charge on any atom is 0.255 e. The van der Waals surface area contributed by atoms with Crippen LogP contribution in [0.1, 0.15) is 98.4 Å². The van der Waals surface area contributed by atoms with E-state index < -0.39 is 184 Å². The van der Waals surface area contributed by atoms with Gasteiger partial charge >= 0.3 is 0 Å². The first-order chi connectivity index (χ1) is 41.7. The van der Waals surface area contributed by atoms with Crippen LogP contribution in [0.3, 0.4) is 0 Å². The lowest BCUT2D eigenvalue weighted by atomic mass is 10.0. The highest BCUT2D eigenvalue weighted by atomic mass is 16.9. The van der Waals surface area contributed by atoms with Crippen LogP contribution < -0.4 is 10.6 Å². The van der Waals surface area contributed by atoms with Crippen molar-refractivity contribution in [1.29, 1.82) is 0 Å². The summed E-state index contributed by atoms with van der Waals surface area (Å²) in [5.74, 6) is -5.20. The van der Waals surface area contributed by atoms with Gasteiger partial charge in [0.15, 0.2) is 48.3 Å². The molecule has 11 rings (SSSR count). The Morgan fingerprint density at radius 3 is 0.841 bits per heavy atom. The zero-order valence-corrected chi connectivity index (χ0v) is 49.9. The lowest BCUT2D eigenvalue weighted by Crippen LogP contribution is -2.44. The number of rotatable bonds is 24. The number of carbonyl (C=O) groups excluding carboxylic acids is 2. The first-order valence-corrected chi connectivity index (χ1v) is 29.4. The fourth-order valence-electron chi connectivity index (χ4n) is 12.4. The third kappa shape index (κ3) is 14.2. The van der Waals surface area contributed by atoms with Crippen LogP contribution in [0.5, 0.6) is 0 Å². The molecule has 2 amide bonds. The van der Waals surface area contributed by atoms with Gasteiger partial charge in [-0.3, -0.25) is 9.59 Å². The standard InChI is InChI=1S/C60H80N2O26/c1-57(2)81-47-43(39(35(67)19-63)77-53(47)85-57)73-23-27-13-28(24-74-44-40(36(68)20-64)78-54-48(44)82-58(3,4)86-54)16-33(15-27)61-51(71)31-9-11-32(12-10-31)52(72)62-34-17-29(25-75-45-41(37(69)21-65)79-55-49(45)83-59(5,6)87-55)14-30(18-34)26-76-46-42(38(70)22-66)80-56-50(46)84-60(7,8)88-56/h9-18,35-50,53-56,63-70H,19-26H2,1-8H3,(H,61,71)(H,62,72)/t35-,36-,37-,38-,39-,40-,41-,42-,43+,44+,45+,46+,47-,48-,49+,50+,53-,54-,55+,56+/m1/s1. The van der Waals surface area contributed by atoms with Gasteiger partial charge in [0.2, 0.25) is 0 Å². The molecule has 8 aliphatic rings. The number of carbonyl (C=O) groups is 2. The summed E-state index contributed by atoms with van der Waals surface area (Å²) in [6.45, 7) is 10.8. The molecule has 0 radical (unpaired) electrons. The Morgan fingerprint density at radius 1 is 0.398 bits per heavy atom. The molecule has 8 aliphatic heterocycles. The minimum Gasteiger partial charge on any atom is -0.394 e. The van der Waals surface area contributed by atoms with Crippen LogP contribution in [0.4, 0.5) is 11.4 Å².